The Bertz CT molecular complexity index is 513. The van der Waals surface area contributed by atoms with Crippen molar-refractivity contribution < 1.29 is 4.74 Å². The molecule has 1 unspecified atom stereocenters. The standard InChI is InChI=1S/C9H14N8O/c1-17-15-8(14-16-17)3-7(13-10)6-4-9(18-2)12-5-11-6/h4-5,7,13H,3,10H2,1-2H3. The number of hydrogen-bond acceptors (Lipinski definition) is 8. The summed E-state index contributed by atoms with van der Waals surface area (Å²) in [5, 5.41) is 11.8. The van der Waals surface area contributed by atoms with Gasteiger partial charge in [0, 0.05) is 12.5 Å². The quantitative estimate of drug-likeness (QED) is 0.499. The fourth-order valence-corrected chi connectivity index (χ4v) is 1.49. The van der Waals surface area contributed by atoms with Crippen molar-refractivity contribution in [2.75, 3.05) is 7.11 Å². The molecule has 2 aromatic heterocycles. The predicted molar refractivity (Wildman–Crippen MR) is 61.2 cm³/mol. The van der Waals surface area contributed by atoms with Crippen LogP contribution < -0.4 is 16.0 Å². The van der Waals surface area contributed by atoms with E-state index in [0.29, 0.717) is 23.8 Å². The topological polar surface area (TPSA) is 117 Å². The van der Waals surface area contributed by atoms with E-state index in [-0.39, 0.29) is 6.04 Å². The van der Waals surface area contributed by atoms with Crippen LogP contribution in [0.1, 0.15) is 17.6 Å². The number of nitrogens with two attached hydrogens (primary N) is 1. The number of hydrazine groups is 1. The second-order valence-electron chi connectivity index (χ2n) is 3.60. The maximum Gasteiger partial charge on any atom is 0.216 e. The molecule has 2 heterocycles. The fraction of sp³-hybridized carbons (Fsp3) is 0.444. The second-order valence-corrected chi connectivity index (χ2v) is 3.60. The van der Waals surface area contributed by atoms with Crippen molar-refractivity contribution in [3.05, 3.63) is 23.9 Å². The SMILES string of the molecule is COc1cc(C(Cc2nnn(C)n2)NN)ncn1. The normalized spacial score (nSPS) is 12.4. The van der Waals surface area contributed by atoms with Gasteiger partial charge in [0.15, 0.2) is 5.82 Å². The molecule has 1 atom stereocenters. The van der Waals surface area contributed by atoms with Crippen molar-refractivity contribution in [2.45, 2.75) is 12.5 Å². The zero-order chi connectivity index (χ0) is 13.0. The van der Waals surface area contributed by atoms with E-state index in [1.165, 1.54) is 11.1 Å². The fourth-order valence-electron chi connectivity index (χ4n) is 1.49. The van der Waals surface area contributed by atoms with Crippen LogP contribution in [0.4, 0.5) is 0 Å². The van der Waals surface area contributed by atoms with Crippen molar-refractivity contribution in [3.8, 4) is 5.88 Å². The third-order valence-electron chi connectivity index (χ3n) is 2.37. The molecule has 18 heavy (non-hydrogen) atoms. The zero-order valence-electron chi connectivity index (χ0n) is 10.1. The minimum Gasteiger partial charge on any atom is -0.481 e. The molecule has 2 aromatic rings. The third kappa shape index (κ3) is 2.76. The van der Waals surface area contributed by atoms with Crippen molar-refractivity contribution in [1.29, 1.82) is 0 Å². The monoisotopic (exact) mass is 250 g/mol. The molecule has 0 saturated heterocycles. The largest absolute Gasteiger partial charge is 0.481 e. The van der Waals surface area contributed by atoms with Gasteiger partial charge in [-0.05, 0) is 5.21 Å². The summed E-state index contributed by atoms with van der Waals surface area (Å²) in [4.78, 5) is 9.47. The van der Waals surface area contributed by atoms with Crippen LogP contribution in [-0.2, 0) is 13.5 Å². The van der Waals surface area contributed by atoms with E-state index in [1.807, 2.05) is 0 Å². The molecule has 0 spiro atoms. The third-order valence-corrected chi connectivity index (χ3v) is 2.37. The smallest absolute Gasteiger partial charge is 0.216 e. The van der Waals surface area contributed by atoms with Crippen molar-refractivity contribution >= 4 is 0 Å². The number of aryl methyl sites for hydroxylation is 1. The lowest BCUT2D eigenvalue weighted by molar-refractivity contribution is 0.393. The van der Waals surface area contributed by atoms with E-state index in [9.17, 15) is 0 Å². The van der Waals surface area contributed by atoms with E-state index in [4.69, 9.17) is 10.6 Å². The molecule has 0 aliphatic carbocycles. The first-order chi connectivity index (χ1) is 8.72. The lowest BCUT2D eigenvalue weighted by Crippen LogP contribution is -2.30. The van der Waals surface area contributed by atoms with Crippen LogP contribution in [0.5, 0.6) is 5.88 Å². The van der Waals surface area contributed by atoms with Crippen LogP contribution in [0.3, 0.4) is 0 Å². The predicted octanol–water partition coefficient (Wildman–Crippen LogP) is -1.24. The zero-order valence-corrected chi connectivity index (χ0v) is 10.1. The molecule has 0 saturated carbocycles. The molecule has 0 aliphatic rings. The van der Waals surface area contributed by atoms with Gasteiger partial charge < -0.3 is 4.74 Å². The van der Waals surface area contributed by atoms with Crippen LogP contribution in [0, 0.1) is 0 Å². The highest BCUT2D eigenvalue weighted by Crippen LogP contribution is 2.16. The van der Waals surface area contributed by atoms with E-state index in [0.717, 1.165) is 0 Å². The summed E-state index contributed by atoms with van der Waals surface area (Å²) in [6.45, 7) is 0. The van der Waals surface area contributed by atoms with Crippen LogP contribution in [-0.4, -0.2) is 37.3 Å². The molecule has 0 aromatic carbocycles. The van der Waals surface area contributed by atoms with Gasteiger partial charge in [0.2, 0.25) is 5.88 Å². The van der Waals surface area contributed by atoms with Crippen molar-refractivity contribution in [3.63, 3.8) is 0 Å². The van der Waals surface area contributed by atoms with Gasteiger partial charge in [-0.25, -0.2) is 9.97 Å². The number of tetrazole rings is 1. The first kappa shape index (κ1) is 12.3. The highest BCUT2D eigenvalue weighted by Gasteiger charge is 2.16. The molecule has 9 heteroatoms. The van der Waals surface area contributed by atoms with Crippen LogP contribution in [0.25, 0.3) is 0 Å². The second kappa shape index (κ2) is 5.47. The van der Waals surface area contributed by atoms with Crippen LogP contribution in [0.2, 0.25) is 0 Å². The highest BCUT2D eigenvalue weighted by molar-refractivity contribution is 5.17. The Hall–Kier alpha value is -2.13. The van der Waals surface area contributed by atoms with E-state index >= 15 is 0 Å². The first-order valence-electron chi connectivity index (χ1n) is 5.28. The van der Waals surface area contributed by atoms with Crippen molar-refractivity contribution in [2.24, 2.45) is 12.9 Å². The Kier molecular flexibility index (Phi) is 3.75. The molecule has 2 rings (SSSR count). The lowest BCUT2D eigenvalue weighted by atomic mass is 10.1. The molecular weight excluding hydrogens is 236 g/mol. The van der Waals surface area contributed by atoms with Gasteiger partial charge in [-0.15, -0.1) is 10.2 Å². The molecule has 0 radical (unpaired) electrons. The van der Waals surface area contributed by atoms with Gasteiger partial charge >= 0.3 is 0 Å². The summed E-state index contributed by atoms with van der Waals surface area (Å²) >= 11 is 0. The summed E-state index contributed by atoms with van der Waals surface area (Å²) in [5.41, 5.74) is 3.37. The molecule has 0 amide bonds. The molecule has 96 valence electrons. The van der Waals surface area contributed by atoms with Crippen LogP contribution in [0.15, 0.2) is 12.4 Å². The number of nitrogens with zero attached hydrogens (tertiary/aromatic N) is 6. The summed E-state index contributed by atoms with van der Waals surface area (Å²) in [6, 6.07) is 1.48. The number of ether oxygens (including phenoxy) is 1. The lowest BCUT2D eigenvalue weighted by Gasteiger charge is -2.13. The minimum atomic E-state index is -0.230. The maximum absolute atomic E-state index is 5.52. The van der Waals surface area contributed by atoms with E-state index in [2.05, 4.69) is 30.8 Å². The summed E-state index contributed by atoms with van der Waals surface area (Å²) < 4.78 is 5.04. The van der Waals surface area contributed by atoms with Gasteiger partial charge in [-0.3, -0.25) is 11.3 Å². The Morgan fingerprint density at radius 1 is 1.50 bits per heavy atom. The molecule has 0 bridgehead atoms. The number of methoxy groups -OCH3 is 1. The number of nitrogens with one attached hydrogen (secondary N) is 1. The van der Waals surface area contributed by atoms with Gasteiger partial charge in [0.25, 0.3) is 0 Å². The average molecular weight is 250 g/mol. The molecule has 3 N–H and O–H groups in total. The van der Waals surface area contributed by atoms with Gasteiger partial charge in [0.1, 0.15) is 6.33 Å². The van der Waals surface area contributed by atoms with E-state index < -0.39 is 0 Å². The highest BCUT2D eigenvalue weighted by atomic mass is 16.5. The molecule has 9 nitrogen and oxygen atoms in total. The minimum absolute atomic E-state index is 0.230. The number of aromatic nitrogens is 6. The molecule has 0 aliphatic heterocycles. The Morgan fingerprint density at radius 3 is 2.94 bits per heavy atom. The number of rotatable bonds is 5. The van der Waals surface area contributed by atoms with Gasteiger partial charge in [-0.2, -0.15) is 4.80 Å². The summed E-state index contributed by atoms with van der Waals surface area (Å²) in [5.74, 6) is 6.58. The Labute approximate surface area is 103 Å². The Morgan fingerprint density at radius 2 is 2.33 bits per heavy atom. The van der Waals surface area contributed by atoms with Gasteiger partial charge in [-0.1, -0.05) is 0 Å². The van der Waals surface area contributed by atoms with Crippen molar-refractivity contribution in [1.82, 2.24) is 35.6 Å². The first-order valence-corrected chi connectivity index (χ1v) is 5.28. The van der Waals surface area contributed by atoms with Crippen LogP contribution >= 0.6 is 0 Å². The average Bonchev–Trinajstić information content (AvgIpc) is 2.81. The summed E-state index contributed by atoms with van der Waals surface area (Å²) in [6.07, 6.45) is 1.90. The van der Waals surface area contributed by atoms with Gasteiger partial charge in [0.05, 0.1) is 25.9 Å². The maximum atomic E-state index is 5.52. The Balaban J connectivity index is 2.17. The summed E-state index contributed by atoms with van der Waals surface area (Å²) in [7, 11) is 3.25. The number of hydrogen-bond donors (Lipinski definition) is 2. The molecule has 0 fully saturated rings. The molecular formula is C9H14N8O. The van der Waals surface area contributed by atoms with E-state index in [1.54, 1.807) is 20.2 Å².